The Balaban J connectivity index is 1.97. The maximum atomic E-state index is 5.53. The van der Waals surface area contributed by atoms with Crippen molar-refractivity contribution in [3.05, 3.63) is 28.6 Å². The van der Waals surface area contributed by atoms with E-state index in [0.717, 1.165) is 22.5 Å². The SMILES string of the molecule is COc1cc(Br)cc(Nc2nnc(CNCC(C)C)o2)c1. The first kappa shape index (κ1) is 15.8. The number of hydrogen-bond acceptors (Lipinski definition) is 6. The second kappa shape index (κ2) is 7.42. The molecule has 2 aromatic rings. The highest BCUT2D eigenvalue weighted by Crippen LogP contribution is 2.26. The molecule has 2 rings (SSSR count). The highest BCUT2D eigenvalue weighted by molar-refractivity contribution is 9.10. The van der Waals surface area contributed by atoms with E-state index in [1.54, 1.807) is 7.11 Å². The molecule has 1 aromatic heterocycles. The van der Waals surface area contributed by atoms with Crippen LogP contribution >= 0.6 is 15.9 Å². The van der Waals surface area contributed by atoms with Crippen LogP contribution in [0.4, 0.5) is 11.7 Å². The molecule has 1 aromatic carbocycles. The van der Waals surface area contributed by atoms with Crippen molar-refractivity contribution < 1.29 is 9.15 Å². The lowest BCUT2D eigenvalue weighted by molar-refractivity contribution is 0.414. The molecule has 1 heterocycles. The van der Waals surface area contributed by atoms with Gasteiger partial charge >= 0.3 is 6.01 Å². The second-order valence-electron chi connectivity index (χ2n) is 5.03. The van der Waals surface area contributed by atoms with Gasteiger partial charge in [0.15, 0.2) is 0 Å². The first-order chi connectivity index (χ1) is 10.1. The Morgan fingerprint density at radius 3 is 2.81 bits per heavy atom. The maximum Gasteiger partial charge on any atom is 0.320 e. The minimum Gasteiger partial charge on any atom is -0.497 e. The average Bonchev–Trinajstić information content (AvgIpc) is 2.85. The summed E-state index contributed by atoms with van der Waals surface area (Å²) in [5, 5.41) is 14.3. The van der Waals surface area contributed by atoms with E-state index in [-0.39, 0.29) is 0 Å². The molecule has 0 fully saturated rings. The third-order valence-electron chi connectivity index (χ3n) is 2.65. The molecule has 0 amide bonds. The maximum absolute atomic E-state index is 5.53. The first-order valence-corrected chi connectivity index (χ1v) is 7.51. The van der Waals surface area contributed by atoms with Crippen molar-refractivity contribution in [2.45, 2.75) is 20.4 Å². The number of anilines is 2. The van der Waals surface area contributed by atoms with Crippen LogP contribution in [0.2, 0.25) is 0 Å². The number of ether oxygens (including phenoxy) is 1. The largest absolute Gasteiger partial charge is 0.497 e. The van der Waals surface area contributed by atoms with Gasteiger partial charge in [-0.15, -0.1) is 5.10 Å². The summed E-state index contributed by atoms with van der Waals surface area (Å²) in [5.74, 6) is 1.88. The van der Waals surface area contributed by atoms with Crippen molar-refractivity contribution in [3.8, 4) is 5.75 Å². The zero-order valence-electron chi connectivity index (χ0n) is 12.3. The number of nitrogens with zero attached hydrogens (tertiary/aromatic N) is 2. The van der Waals surface area contributed by atoms with E-state index >= 15 is 0 Å². The lowest BCUT2D eigenvalue weighted by Crippen LogP contribution is -2.19. The average molecular weight is 355 g/mol. The highest BCUT2D eigenvalue weighted by atomic mass is 79.9. The molecule has 7 heteroatoms. The van der Waals surface area contributed by atoms with E-state index in [1.165, 1.54) is 0 Å². The molecule has 114 valence electrons. The van der Waals surface area contributed by atoms with Gasteiger partial charge in [0.2, 0.25) is 5.89 Å². The summed E-state index contributed by atoms with van der Waals surface area (Å²) in [6, 6.07) is 5.99. The van der Waals surface area contributed by atoms with Gasteiger partial charge in [-0.25, -0.2) is 0 Å². The molecule has 0 unspecified atom stereocenters. The number of halogens is 1. The summed E-state index contributed by atoms with van der Waals surface area (Å²) in [6.07, 6.45) is 0. The summed E-state index contributed by atoms with van der Waals surface area (Å²) < 4.78 is 11.6. The van der Waals surface area contributed by atoms with E-state index < -0.39 is 0 Å². The molecule has 0 aliphatic carbocycles. The minimum absolute atomic E-state index is 0.358. The number of benzene rings is 1. The number of nitrogens with one attached hydrogen (secondary N) is 2. The van der Waals surface area contributed by atoms with Gasteiger partial charge in [-0.1, -0.05) is 34.9 Å². The fraction of sp³-hybridized carbons (Fsp3) is 0.429. The normalized spacial score (nSPS) is 10.9. The third-order valence-corrected chi connectivity index (χ3v) is 3.11. The van der Waals surface area contributed by atoms with Crippen LogP contribution in [0.5, 0.6) is 5.75 Å². The summed E-state index contributed by atoms with van der Waals surface area (Å²) in [7, 11) is 1.62. The summed E-state index contributed by atoms with van der Waals surface area (Å²) in [5.41, 5.74) is 0.812. The van der Waals surface area contributed by atoms with Crippen LogP contribution in [0, 0.1) is 5.92 Å². The molecule has 0 saturated carbocycles. The number of aromatic nitrogens is 2. The molecule has 0 aliphatic rings. The Kier molecular flexibility index (Phi) is 5.58. The van der Waals surface area contributed by atoms with Crippen molar-refractivity contribution in [1.29, 1.82) is 0 Å². The topological polar surface area (TPSA) is 72.2 Å². The second-order valence-corrected chi connectivity index (χ2v) is 5.95. The van der Waals surface area contributed by atoms with Gasteiger partial charge in [-0.3, -0.25) is 0 Å². The van der Waals surface area contributed by atoms with Crippen LogP contribution in [0.3, 0.4) is 0 Å². The molecular formula is C14H19BrN4O2. The molecule has 21 heavy (non-hydrogen) atoms. The van der Waals surface area contributed by atoms with E-state index in [0.29, 0.717) is 24.4 Å². The molecule has 0 bridgehead atoms. The predicted octanol–water partition coefficient (Wildman–Crippen LogP) is 3.33. The first-order valence-electron chi connectivity index (χ1n) is 6.71. The van der Waals surface area contributed by atoms with Crippen LogP contribution in [0.1, 0.15) is 19.7 Å². The van der Waals surface area contributed by atoms with Crippen LogP contribution in [-0.2, 0) is 6.54 Å². The number of hydrogen-bond donors (Lipinski definition) is 2. The molecule has 0 aliphatic heterocycles. The van der Waals surface area contributed by atoms with Gasteiger partial charge in [-0.2, -0.15) is 0 Å². The quantitative estimate of drug-likeness (QED) is 0.794. The van der Waals surface area contributed by atoms with Crippen molar-refractivity contribution in [3.63, 3.8) is 0 Å². The molecule has 6 nitrogen and oxygen atoms in total. The van der Waals surface area contributed by atoms with Gasteiger partial charge in [0.1, 0.15) is 5.75 Å². The molecule has 0 atom stereocenters. The Morgan fingerprint density at radius 2 is 2.10 bits per heavy atom. The van der Waals surface area contributed by atoms with E-state index in [2.05, 4.69) is 50.6 Å². The van der Waals surface area contributed by atoms with Crippen molar-refractivity contribution in [1.82, 2.24) is 15.5 Å². The Hall–Kier alpha value is -1.60. The summed E-state index contributed by atoms with van der Waals surface area (Å²) in [4.78, 5) is 0. The standard InChI is InChI=1S/C14H19BrN4O2/c1-9(2)7-16-8-13-18-19-14(21-13)17-11-4-10(15)5-12(6-11)20-3/h4-6,9,16H,7-8H2,1-3H3,(H,17,19). The molecule has 0 spiro atoms. The lowest BCUT2D eigenvalue weighted by Gasteiger charge is -2.06. The zero-order valence-corrected chi connectivity index (χ0v) is 13.9. The van der Waals surface area contributed by atoms with E-state index in [9.17, 15) is 0 Å². The monoisotopic (exact) mass is 354 g/mol. The zero-order chi connectivity index (χ0) is 15.2. The summed E-state index contributed by atoms with van der Waals surface area (Å²) in [6.45, 7) is 5.77. The number of methoxy groups -OCH3 is 1. The van der Waals surface area contributed by atoms with Crippen molar-refractivity contribution in [2.75, 3.05) is 19.0 Å². The van der Waals surface area contributed by atoms with Crippen LogP contribution < -0.4 is 15.4 Å². The predicted molar refractivity (Wildman–Crippen MR) is 84.8 cm³/mol. The van der Waals surface area contributed by atoms with E-state index in [4.69, 9.17) is 9.15 Å². The van der Waals surface area contributed by atoms with E-state index in [1.807, 2.05) is 18.2 Å². The highest BCUT2D eigenvalue weighted by Gasteiger charge is 2.07. The van der Waals surface area contributed by atoms with Gasteiger partial charge in [0, 0.05) is 16.2 Å². The number of rotatable bonds is 7. The smallest absolute Gasteiger partial charge is 0.320 e. The molecule has 2 N–H and O–H groups in total. The summed E-state index contributed by atoms with van der Waals surface area (Å²) >= 11 is 3.42. The van der Waals surface area contributed by atoms with Gasteiger partial charge in [0.25, 0.3) is 0 Å². The minimum atomic E-state index is 0.358. The Morgan fingerprint density at radius 1 is 1.29 bits per heavy atom. The van der Waals surface area contributed by atoms with Crippen LogP contribution in [0.15, 0.2) is 27.1 Å². The lowest BCUT2D eigenvalue weighted by atomic mass is 10.2. The van der Waals surface area contributed by atoms with Gasteiger partial charge in [0.05, 0.1) is 13.7 Å². The van der Waals surface area contributed by atoms with Crippen LogP contribution in [0.25, 0.3) is 0 Å². The molecule has 0 radical (unpaired) electrons. The van der Waals surface area contributed by atoms with Crippen molar-refractivity contribution >= 4 is 27.6 Å². The fourth-order valence-electron chi connectivity index (χ4n) is 1.72. The van der Waals surface area contributed by atoms with Gasteiger partial charge in [-0.05, 0) is 24.6 Å². The van der Waals surface area contributed by atoms with Crippen LogP contribution in [-0.4, -0.2) is 23.9 Å². The van der Waals surface area contributed by atoms with Gasteiger partial charge < -0.3 is 19.8 Å². The third kappa shape index (κ3) is 5.02. The fourth-order valence-corrected chi connectivity index (χ4v) is 2.19. The Bertz CT molecular complexity index is 586. The van der Waals surface area contributed by atoms with Crippen molar-refractivity contribution in [2.24, 2.45) is 5.92 Å². The molecule has 0 saturated heterocycles. The molecular weight excluding hydrogens is 336 g/mol. The Labute approximate surface area is 132 Å².